The number of aromatic nitrogens is 3. The number of halogens is 6. The molecule has 4 rings (SSSR count). The van der Waals surface area contributed by atoms with Crippen LogP contribution in [0.3, 0.4) is 0 Å². The number of morpholine rings is 1. The number of anilines is 4. The topological polar surface area (TPSA) is 96.8 Å². The van der Waals surface area contributed by atoms with Gasteiger partial charge in [-0.05, 0) is 29.8 Å². The lowest BCUT2D eigenvalue weighted by Crippen LogP contribution is -2.37. The van der Waals surface area contributed by atoms with Gasteiger partial charge in [-0.2, -0.15) is 37.6 Å². The molecule has 0 atom stereocenters. The average Bonchev–Trinajstić information content (AvgIpc) is 2.87. The SMILES string of the molecule is Fc1ccc(Nc2nc(N/N=C/c3cccc(OC(F)(F)C(F)F)c3)nc(N3CCOCC3)n2)cc1F. The van der Waals surface area contributed by atoms with Crippen molar-refractivity contribution in [2.75, 3.05) is 41.9 Å². The molecule has 9 nitrogen and oxygen atoms in total. The number of alkyl halides is 4. The summed E-state index contributed by atoms with van der Waals surface area (Å²) in [6.07, 6.45) is -7.44. The molecular weight excluding hydrogens is 508 g/mol. The highest BCUT2D eigenvalue weighted by Crippen LogP contribution is 2.27. The first-order chi connectivity index (χ1) is 17.7. The summed E-state index contributed by atoms with van der Waals surface area (Å²) in [5.41, 5.74) is 3.00. The van der Waals surface area contributed by atoms with Gasteiger partial charge in [0.05, 0.1) is 19.4 Å². The molecule has 196 valence electrons. The number of benzene rings is 2. The van der Waals surface area contributed by atoms with Gasteiger partial charge in [0, 0.05) is 24.8 Å². The molecule has 3 aromatic rings. The highest BCUT2D eigenvalue weighted by Gasteiger charge is 2.43. The Hall–Kier alpha value is -4.14. The predicted molar refractivity (Wildman–Crippen MR) is 122 cm³/mol. The van der Waals surface area contributed by atoms with Crippen molar-refractivity contribution in [2.45, 2.75) is 12.5 Å². The molecule has 1 aliphatic rings. The summed E-state index contributed by atoms with van der Waals surface area (Å²) in [7, 11) is 0. The van der Waals surface area contributed by atoms with Crippen molar-refractivity contribution in [1.82, 2.24) is 15.0 Å². The van der Waals surface area contributed by atoms with Gasteiger partial charge in [-0.1, -0.05) is 12.1 Å². The van der Waals surface area contributed by atoms with Crippen LogP contribution in [0.1, 0.15) is 5.56 Å². The monoisotopic (exact) mass is 527 g/mol. The van der Waals surface area contributed by atoms with Gasteiger partial charge >= 0.3 is 12.5 Å². The smallest absolute Gasteiger partial charge is 0.428 e. The van der Waals surface area contributed by atoms with E-state index >= 15 is 0 Å². The second-order valence-corrected chi connectivity index (χ2v) is 7.54. The van der Waals surface area contributed by atoms with Gasteiger partial charge < -0.3 is 19.7 Å². The fourth-order valence-electron chi connectivity index (χ4n) is 3.10. The van der Waals surface area contributed by atoms with Crippen LogP contribution in [-0.2, 0) is 4.74 Å². The number of hydrogen-bond acceptors (Lipinski definition) is 9. The van der Waals surface area contributed by atoms with Gasteiger partial charge in [-0.15, -0.1) is 0 Å². The van der Waals surface area contributed by atoms with Gasteiger partial charge in [0.2, 0.25) is 17.8 Å². The summed E-state index contributed by atoms with van der Waals surface area (Å²) in [4.78, 5) is 14.6. The summed E-state index contributed by atoms with van der Waals surface area (Å²) in [6, 6.07) is 8.16. The quantitative estimate of drug-likeness (QED) is 0.240. The van der Waals surface area contributed by atoms with Gasteiger partial charge in [0.25, 0.3) is 0 Å². The van der Waals surface area contributed by atoms with Crippen molar-refractivity contribution < 1.29 is 35.8 Å². The molecule has 2 N–H and O–H groups in total. The number of ether oxygens (including phenoxy) is 2. The van der Waals surface area contributed by atoms with Gasteiger partial charge in [0.1, 0.15) is 5.75 Å². The summed E-state index contributed by atoms with van der Waals surface area (Å²) < 4.78 is 87.4. The van der Waals surface area contributed by atoms with E-state index in [1.165, 1.54) is 24.4 Å². The van der Waals surface area contributed by atoms with E-state index in [9.17, 15) is 26.3 Å². The average molecular weight is 527 g/mol. The second-order valence-electron chi connectivity index (χ2n) is 7.54. The lowest BCUT2D eigenvalue weighted by Gasteiger charge is -2.27. The molecule has 1 fully saturated rings. The second kappa shape index (κ2) is 11.3. The van der Waals surface area contributed by atoms with E-state index in [2.05, 4.69) is 35.5 Å². The molecule has 0 bridgehead atoms. The molecule has 1 saturated heterocycles. The highest BCUT2D eigenvalue weighted by molar-refractivity contribution is 5.80. The molecule has 37 heavy (non-hydrogen) atoms. The lowest BCUT2D eigenvalue weighted by molar-refractivity contribution is -0.253. The largest absolute Gasteiger partial charge is 0.461 e. The van der Waals surface area contributed by atoms with Crippen molar-refractivity contribution in [3.63, 3.8) is 0 Å². The summed E-state index contributed by atoms with van der Waals surface area (Å²) in [6.45, 7) is 1.88. The molecule has 0 spiro atoms. The maximum absolute atomic E-state index is 13.6. The maximum Gasteiger partial charge on any atom is 0.461 e. The van der Waals surface area contributed by atoms with Crippen LogP contribution in [0.4, 0.5) is 49.9 Å². The molecule has 1 aliphatic heterocycles. The first-order valence-electron chi connectivity index (χ1n) is 10.7. The van der Waals surface area contributed by atoms with Crippen LogP contribution in [-0.4, -0.2) is 60.0 Å². The Bertz CT molecular complexity index is 1260. The third kappa shape index (κ3) is 6.97. The van der Waals surface area contributed by atoms with Crippen LogP contribution >= 0.6 is 0 Å². The van der Waals surface area contributed by atoms with E-state index in [1.54, 1.807) is 0 Å². The lowest BCUT2D eigenvalue weighted by atomic mass is 10.2. The summed E-state index contributed by atoms with van der Waals surface area (Å²) >= 11 is 0. The van der Waals surface area contributed by atoms with Crippen molar-refractivity contribution in [2.24, 2.45) is 5.10 Å². The number of hydrogen-bond donors (Lipinski definition) is 2. The summed E-state index contributed by atoms with van der Waals surface area (Å²) in [5, 5.41) is 6.72. The molecule has 2 heterocycles. The molecule has 0 saturated carbocycles. The number of nitrogens with zero attached hydrogens (tertiary/aromatic N) is 5. The molecular formula is C22H19F6N7O2. The molecule has 0 amide bonds. The Labute approximate surface area is 206 Å². The number of rotatable bonds is 9. The van der Waals surface area contributed by atoms with E-state index in [1.807, 2.05) is 4.90 Å². The standard InChI is InChI=1S/C22H19F6N7O2/c23-16-5-4-14(11-17(16)24)30-19-31-20(33-21(32-19)35-6-8-36-9-7-35)34-29-12-13-2-1-3-15(10-13)37-22(27,28)18(25)26/h1-5,10-12,18H,6-9H2,(H2,30,31,32,33,34)/b29-12+. The molecule has 2 aromatic carbocycles. The van der Waals surface area contributed by atoms with E-state index in [0.29, 0.717) is 26.3 Å². The Kier molecular flexibility index (Phi) is 7.91. The van der Waals surface area contributed by atoms with Crippen molar-refractivity contribution >= 4 is 29.7 Å². The van der Waals surface area contributed by atoms with Crippen LogP contribution in [0.25, 0.3) is 0 Å². The molecule has 0 unspecified atom stereocenters. The Morgan fingerprint density at radius 3 is 2.49 bits per heavy atom. The van der Waals surface area contributed by atoms with Gasteiger partial charge in [0.15, 0.2) is 11.6 Å². The minimum Gasteiger partial charge on any atom is -0.428 e. The fraction of sp³-hybridized carbons (Fsp3) is 0.273. The Morgan fingerprint density at radius 1 is 1.00 bits per heavy atom. The first-order valence-corrected chi connectivity index (χ1v) is 10.7. The Morgan fingerprint density at radius 2 is 1.76 bits per heavy atom. The third-order valence-electron chi connectivity index (χ3n) is 4.84. The van der Waals surface area contributed by atoms with Gasteiger partial charge in [-0.25, -0.2) is 14.2 Å². The van der Waals surface area contributed by atoms with E-state index < -0.39 is 29.9 Å². The van der Waals surface area contributed by atoms with E-state index in [0.717, 1.165) is 24.3 Å². The van der Waals surface area contributed by atoms with E-state index in [-0.39, 0.29) is 29.1 Å². The number of hydrazone groups is 1. The first kappa shape index (κ1) is 25.9. The molecule has 0 aliphatic carbocycles. The van der Waals surface area contributed by atoms with Crippen LogP contribution in [0.2, 0.25) is 0 Å². The van der Waals surface area contributed by atoms with Crippen molar-refractivity contribution in [3.05, 3.63) is 59.7 Å². The zero-order valence-corrected chi connectivity index (χ0v) is 18.8. The van der Waals surface area contributed by atoms with Crippen LogP contribution in [0.15, 0.2) is 47.6 Å². The minimum atomic E-state index is -4.65. The fourth-order valence-corrected chi connectivity index (χ4v) is 3.10. The summed E-state index contributed by atoms with van der Waals surface area (Å²) in [5.74, 6) is -2.33. The number of nitrogens with one attached hydrogen (secondary N) is 2. The normalized spacial score (nSPS) is 14.3. The zero-order valence-electron chi connectivity index (χ0n) is 18.8. The maximum atomic E-state index is 13.6. The third-order valence-corrected chi connectivity index (χ3v) is 4.84. The Balaban J connectivity index is 1.53. The zero-order chi connectivity index (χ0) is 26.4. The minimum absolute atomic E-state index is 0.00447. The van der Waals surface area contributed by atoms with Crippen LogP contribution in [0, 0.1) is 11.6 Å². The molecule has 1 aromatic heterocycles. The van der Waals surface area contributed by atoms with Crippen molar-refractivity contribution in [3.8, 4) is 5.75 Å². The van der Waals surface area contributed by atoms with Crippen LogP contribution < -0.4 is 20.4 Å². The predicted octanol–water partition coefficient (Wildman–Crippen LogP) is 4.41. The van der Waals surface area contributed by atoms with Crippen molar-refractivity contribution in [1.29, 1.82) is 0 Å². The molecule has 15 heteroatoms. The van der Waals surface area contributed by atoms with E-state index in [4.69, 9.17) is 4.74 Å². The molecule has 0 radical (unpaired) electrons. The van der Waals surface area contributed by atoms with Crippen LogP contribution in [0.5, 0.6) is 5.75 Å². The highest BCUT2D eigenvalue weighted by atomic mass is 19.3. The van der Waals surface area contributed by atoms with Gasteiger partial charge in [-0.3, -0.25) is 0 Å².